The molecule has 0 unspecified atom stereocenters. The molecule has 0 radical (unpaired) electrons. The molecule has 0 aliphatic carbocycles. The number of ether oxygens (including phenoxy) is 1. The van der Waals surface area contributed by atoms with Gasteiger partial charge < -0.3 is 19.4 Å². The number of alkyl carbamates (subject to hydrolysis) is 1. The van der Waals surface area contributed by atoms with Crippen molar-refractivity contribution in [3.8, 4) is 6.07 Å². The highest BCUT2D eigenvalue weighted by Gasteiger charge is 2.52. The molecule has 1 heterocycles. The Kier molecular flexibility index (Phi) is 6.46. The van der Waals surface area contributed by atoms with E-state index in [0.717, 1.165) is 6.07 Å². The van der Waals surface area contributed by atoms with E-state index in [-0.39, 0.29) is 12.1 Å². The van der Waals surface area contributed by atoms with Gasteiger partial charge in [0.2, 0.25) is 0 Å². The monoisotopic (exact) mass is 402 g/mol. The minimum atomic E-state index is -0.747. The number of rotatable bonds is 4. The number of nitriles is 1. The predicted molar refractivity (Wildman–Crippen MR) is 109 cm³/mol. The molecule has 6 nitrogen and oxygen atoms in total. The summed E-state index contributed by atoms with van der Waals surface area (Å²) in [6.07, 6.45) is 1.07. The molecule has 29 heavy (non-hydrogen) atoms. The van der Waals surface area contributed by atoms with Gasteiger partial charge in [-0.3, -0.25) is 0 Å². The third kappa shape index (κ3) is 6.05. The fourth-order valence-electron chi connectivity index (χ4n) is 2.66. The van der Waals surface area contributed by atoms with Crippen LogP contribution in [0.5, 0.6) is 0 Å². The summed E-state index contributed by atoms with van der Waals surface area (Å²) in [5, 5.41) is 11.8. The van der Waals surface area contributed by atoms with Crippen molar-refractivity contribution in [3.05, 3.63) is 40.6 Å². The summed E-state index contributed by atoms with van der Waals surface area (Å²) in [6, 6.07) is 5.95. The van der Waals surface area contributed by atoms with E-state index in [1.54, 1.807) is 32.9 Å². The maximum Gasteiger partial charge on any atom is 0.492 e. The Morgan fingerprint density at radius 3 is 2.34 bits per heavy atom. The fourth-order valence-corrected chi connectivity index (χ4v) is 2.66. The van der Waals surface area contributed by atoms with Crippen LogP contribution >= 0.6 is 0 Å². The molecule has 1 aliphatic heterocycles. The molecule has 1 amide bonds. The molecule has 1 saturated heterocycles. The lowest BCUT2D eigenvalue weighted by Gasteiger charge is -2.32. The van der Waals surface area contributed by atoms with Crippen molar-refractivity contribution >= 4 is 19.3 Å². The SMILES string of the molecule is CC(C)(C)OC(=O)NCC(=Cc1cc(F)cc(C#N)c1)B1OC(C)(C)C(C)(C)O1. The largest absolute Gasteiger partial charge is 0.492 e. The molecular formula is C21H28BFN2O4. The molecule has 1 aliphatic rings. The van der Waals surface area contributed by atoms with E-state index in [0.29, 0.717) is 11.0 Å². The van der Waals surface area contributed by atoms with Gasteiger partial charge in [-0.25, -0.2) is 9.18 Å². The number of benzene rings is 1. The molecular weight excluding hydrogens is 374 g/mol. The summed E-state index contributed by atoms with van der Waals surface area (Å²) < 4.78 is 31.3. The van der Waals surface area contributed by atoms with Crippen LogP contribution in [0.1, 0.15) is 59.6 Å². The van der Waals surface area contributed by atoms with Gasteiger partial charge in [0.25, 0.3) is 0 Å². The summed E-state index contributed by atoms with van der Waals surface area (Å²) >= 11 is 0. The zero-order chi connectivity index (χ0) is 22.0. The Hall–Kier alpha value is -2.37. The quantitative estimate of drug-likeness (QED) is 0.763. The number of carbonyl (C=O) groups is 1. The molecule has 0 spiro atoms. The lowest BCUT2D eigenvalue weighted by atomic mass is 9.77. The van der Waals surface area contributed by atoms with Crippen LogP contribution in [0.15, 0.2) is 23.7 Å². The van der Waals surface area contributed by atoms with Crippen molar-refractivity contribution in [1.29, 1.82) is 5.26 Å². The highest BCUT2D eigenvalue weighted by Crippen LogP contribution is 2.38. The Labute approximate surface area is 172 Å². The normalized spacial score (nSPS) is 18.3. The molecule has 0 atom stereocenters. The van der Waals surface area contributed by atoms with E-state index in [1.807, 2.05) is 33.8 Å². The van der Waals surface area contributed by atoms with Crippen molar-refractivity contribution < 1.29 is 23.2 Å². The molecule has 1 fully saturated rings. The van der Waals surface area contributed by atoms with Crippen LogP contribution in [0.25, 0.3) is 6.08 Å². The average Bonchev–Trinajstić information content (AvgIpc) is 2.77. The molecule has 156 valence electrons. The number of hydrogen-bond acceptors (Lipinski definition) is 5. The van der Waals surface area contributed by atoms with E-state index in [2.05, 4.69) is 5.32 Å². The molecule has 0 bridgehead atoms. The smallest absolute Gasteiger partial charge is 0.444 e. The maximum absolute atomic E-state index is 13.9. The first-order valence-electron chi connectivity index (χ1n) is 9.46. The number of nitrogens with zero attached hydrogens (tertiary/aromatic N) is 1. The molecule has 0 aromatic heterocycles. The van der Waals surface area contributed by atoms with Crippen LogP contribution in [-0.4, -0.2) is 36.6 Å². The van der Waals surface area contributed by atoms with E-state index in [4.69, 9.17) is 19.3 Å². The van der Waals surface area contributed by atoms with Gasteiger partial charge in [-0.15, -0.1) is 0 Å². The topological polar surface area (TPSA) is 80.6 Å². The van der Waals surface area contributed by atoms with Gasteiger partial charge in [0, 0.05) is 6.54 Å². The standard InChI is InChI=1S/C21H28BFN2O4/c1-19(2,3)27-18(26)25-13-16(22-28-20(4,5)21(6,7)29-22)9-14-8-15(12-24)11-17(23)10-14/h8-11H,13H2,1-7H3,(H,25,26). The van der Waals surface area contributed by atoms with Crippen molar-refractivity contribution in [2.45, 2.75) is 65.3 Å². The second-order valence-electron chi connectivity index (χ2n) is 9.05. The Morgan fingerprint density at radius 2 is 1.83 bits per heavy atom. The second kappa shape index (κ2) is 8.17. The second-order valence-corrected chi connectivity index (χ2v) is 9.05. The third-order valence-corrected chi connectivity index (χ3v) is 4.79. The number of amides is 1. The van der Waals surface area contributed by atoms with Crippen molar-refractivity contribution in [2.24, 2.45) is 0 Å². The van der Waals surface area contributed by atoms with E-state index in [1.165, 1.54) is 6.07 Å². The highest BCUT2D eigenvalue weighted by atomic mass is 19.1. The maximum atomic E-state index is 13.9. The third-order valence-electron chi connectivity index (χ3n) is 4.79. The molecule has 1 N–H and O–H groups in total. The van der Waals surface area contributed by atoms with Gasteiger partial charge in [-0.1, -0.05) is 6.08 Å². The Balaban J connectivity index is 2.33. The van der Waals surface area contributed by atoms with E-state index < -0.39 is 35.8 Å². The van der Waals surface area contributed by atoms with Crippen LogP contribution in [0.4, 0.5) is 9.18 Å². The summed E-state index contributed by atoms with van der Waals surface area (Å²) in [4.78, 5) is 12.1. The average molecular weight is 402 g/mol. The molecule has 8 heteroatoms. The lowest BCUT2D eigenvalue weighted by Crippen LogP contribution is -2.41. The number of halogens is 1. The van der Waals surface area contributed by atoms with Crippen LogP contribution in [0.2, 0.25) is 0 Å². The predicted octanol–water partition coefficient (Wildman–Crippen LogP) is 4.24. The van der Waals surface area contributed by atoms with Gasteiger partial charge in [0.15, 0.2) is 0 Å². The van der Waals surface area contributed by atoms with Gasteiger partial charge in [0.1, 0.15) is 11.4 Å². The molecule has 1 aromatic rings. The Bertz CT molecular complexity index is 837. The van der Waals surface area contributed by atoms with Crippen LogP contribution in [0.3, 0.4) is 0 Å². The first kappa shape index (κ1) is 22.9. The lowest BCUT2D eigenvalue weighted by molar-refractivity contribution is 0.00578. The van der Waals surface area contributed by atoms with Crippen molar-refractivity contribution in [1.82, 2.24) is 5.32 Å². The summed E-state index contributed by atoms with van der Waals surface area (Å²) in [6.45, 7) is 13.1. The van der Waals surface area contributed by atoms with Crippen molar-refractivity contribution in [2.75, 3.05) is 6.54 Å². The van der Waals surface area contributed by atoms with Gasteiger partial charge >= 0.3 is 13.2 Å². The zero-order valence-corrected chi connectivity index (χ0v) is 18.1. The zero-order valence-electron chi connectivity index (χ0n) is 18.1. The van der Waals surface area contributed by atoms with Gasteiger partial charge in [-0.2, -0.15) is 5.26 Å². The summed E-state index contributed by atoms with van der Waals surface area (Å²) in [7, 11) is -0.747. The van der Waals surface area contributed by atoms with E-state index in [9.17, 15) is 9.18 Å². The summed E-state index contributed by atoms with van der Waals surface area (Å²) in [5.74, 6) is -0.524. The van der Waals surface area contributed by atoms with Gasteiger partial charge in [-0.05, 0) is 77.7 Å². The van der Waals surface area contributed by atoms with Crippen LogP contribution in [0, 0.1) is 17.1 Å². The van der Waals surface area contributed by atoms with Crippen LogP contribution < -0.4 is 5.32 Å². The minimum absolute atomic E-state index is 0.0736. The molecule has 2 rings (SSSR count). The fraction of sp³-hybridized carbons (Fsp3) is 0.524. The number of nitrogens with one attached hydrogen (secondary N) is 1. The minimum Gasteiger partial charge on any atom is -0.444 e. The molecule has 1 aromatic carbocycles. The van der Waals surface area contributed by atoms with Crippen molar-refractivity contribution in [3.63, 3.8) is 0 Å². The Morgan fingerprint density at radius 1 is 1.24 bits per heavy atom. The highest BCUT2D eigenvalue weighted by molar-refractivity contribution is 6.56. The first-order valence-corrected chi connectivity index (χ1v) is 9.46. The van der Waals surface area contributed by atoms with Crippen LogP contribution in [-0.2, 0) is 14.0 Å². The van der Waals surface area contributed by atoms with Gasteiger partial charge in [0.05, 0.1) is 22.8 Å². The number of carbonyl (C=O) groups excluding carboxylic acids is 1. The van der Waals surface area contributed by atoms with E-state index >= 15 is 0 Å². The summed E-state index contributed by atoms with van der Waals surface area (Å²) in [5.41, 5.74) is -0.557. The number of hydrogen-bond donors (Lipinski definition) is 1. The first-order chi connectivity index (χ1) is 13.2. The molecule has 0 saturated carbocycles.